The van der Waals surface area contributed by atoms with Gasteiger partial charge < -0.3 is 9.84 Å². The zero-order valence-corrected chi connectivity index (χ0v) is 10.6. The van der Waals surface area contributed by atoms with Crippen LogP contribution in [0.5, 0.6) is 5.75 Å². The van der Waals surface area contributed by atoms with Gasteiger partial charge in [0.05, 0.1) is 7.11 Å². The van der Waals surface area contributed by atoms with Gasteiger partial charge in [-0.3, -0.25) is 0 Å². The summed E-state index contributed by atoms with van der Waals surface area (Å²) in [7, 11) is 1.59. The Labute approximate surface area is 109 Å². The van der Waals surface area contributed by atoms with E-state index in [1.54, 1.807) is 38.3 Å². The number of benzene rings is 1. The first-order valence-corrected chi connectivity index (χ1v) is 5.82. The molecule has 0 amide bonds. The van der Waals surface area contributed by atoms with Gasteiger partial charge in [-0.25, -0.2) is 4.79 Å². The maximum atomic E-state index is 11.0. The number of carboxylic acid groups (broad SMARTS) is 1. The molecule has 0 radical (unpaired) electrons. The van der Waals surface area contributed by atoms with E-state index in [-0.39, 0.29) is 0 Å². The van der Waals surface area contributed by atoms with Crippen molar-refractivity contribution in [2.75, 3.05) is 7.11 Å². The molecule has 0 bridgehead atoms. The topological polar surface area (TPSA) is 90.1 Å². The van der Waals surface area contributed by atoms with E-state index in [1.807, 2.05) is 0 Å². The van der Waals surface area contributed by atoms with Gasteiger partial charge in [0.15, 0.2) is 6.04 Å². The third kappa shape index (κ3) is 2.70. The van der Waals surface area contributed by atoms with E-state index in [9.17, 15) is 4.79 Å². The average Bonchev–Trinajstić information content (AvgIpc) is 2.89. The number of aliphatic carboxylic acids is 1. The molecule has 0 aliphatic rings. The molecular formula is C12H14N4O3. The van der Waals surface area contributed by atoms with Crippen LogP contribution in [0.25, 0.3) is 11.4 Å². The summed E-state index contributed by atoms with van der Waals surface area (Å²) in [6.07, 6.45) is 0.397. The summed E-state index contributed by atoms with van der Waals surface area (Å²) in [5, 5.41) is 20.8. The number of nitrogens with zero attached hydrogens (tertiary/aromatic N) is 4. The number of carboxylic acids is 1. The van der Waals surface area contributed by atoms with Crippen LogP contribution in [-0.4, -0.2) is 38.4 Å². The summed E-state index contributed by atoms with van der Waals surface area (Å²) in [5.41, 5.74) is 0.757. The number of ether oxygens (including phenoxy) is 1. The molecule has 19 heavy (non-hydrogen) atoms. The molecule has 0 aliphatic heterocycles. The minimum absolute atomic E-state index is 0.391. The molecule has 100 valence electrons. The molecule has 2 aromatic rings. The normalized spacial score (nSPS) is 12.1. The highest BCUT2D eigenvalue weighted by Crippen LogP contribution is 2.19. The van der Waals surface area contributed by atoms with Crippen molar-refractivity contribution in [3.8, 4) is 17.1 Å². The molecule has 0 spiro atoms. The zero-order chi connectivity index (χ0) is 13.8. The Hall–Kier alpha value is -2.44. The highest BCUT2D eigenvalue weighted by Gasteiger charge is 2.20. The summed E-state index contributed by atoms with van der Waals surface area (Å²) >= 11 is 0. The third-order valence-corrected chi connectivity index (χ3v) is 2.73. The Morgan fingerprint density at radius 1 is 1.42 bits per heavy atom. The molecule has 1 unspecified atom stereocenters. The van der Waals surface area contributed by atoms with Crippen molar-refractivity contribution < 1.29 is 14.6 Å². The number of hydrogen-bond donors (Lipinski definition) is 1. The molecule has 7 heteroatoms. The highest BCUT2D eigenvalue weighted by molar-refractivity contribution is 5.71. The summed E-state index contributed by atoms with van der Waals surface area (Å²) in [5.74, 6) is 0.150. The second-order valence-electron chi connectivity index (χ2n) is 3.92. The number of carbonyl (C=O) groups is 1. The van der Waals surface area contributed by atoms with Crippen LogP contribution in [0.3, 0.4) is 0 Å². The van der Waals surface area contributed by atoms with E-state index < -0.39 is 12.0 Å². The van der Waals surface area contributed by atoms with Gasteiger partial charge in [0.25, 0.3) is 0 Å². The van der Waals surface area contributed by atoms with Gasteiger partial charge in [0, 0.05) is 5.56 Å². The summed E-state index contributed by atoms with van der Waals surface area (Å²) in [6, 6.07) is 6.36. The van der Waals surface area contributed by atoms with Crippen molar-refractivity contribution in [2.45, 2.75) is 19.4 Å². The lowest BCUT2D eigenvalue weighted by Crippen LogP contribution is -2.20. The second-order valence-corrected chi connectivity index (χ2v) is 3.92. The highest BCUT2D eigenvalue weighted by atomic mass is 16.5. The molecule has 2 rings (SSSR count). The molecular weight excluding hydrogens is 248 g/mol. The third-order valence-electron chi connectivity index (χ3n) is 2.73. The van der Waals surface area contributed by atoms with Crippen molar-refractivity contribution in [3.05, 3.63) is 24.3 Å². The van der Waals surface area contributed by atoms with E-state index in [2.05, 4.69) is 15.4 Å². The molecule has 1 aromatic carbocycles. The largest absolute Gasteiger partial charge is 0.497 e. The number of tetrazole rings is 1. The molecule has 0 fully saturated rings. The molecule has 1 aromatic heterocycles. The Bertz CT molecular complexity index is 565. The minimum atomic E-state index is -0.971. The van der Waals surface area contributed by atoms with Gasteiger partial charge in [-0.1, -0.05) is 6.92 Å². The first kappa shape index (κ1) is 13.0. The van der Waals surface area contributed by atoms with Gasteiger partial charge >= 0.3 is 5.97 Å². The van der Waals surface area contributed by atoms with Gasteiger partial charge in [0.1, 0.15) is 5.75 Å². The monoisotopic (exact) mass is 262 g/mol. The predicted molar refractivity (Wildman–Crippen MR) is 66.8 cm³/mol. The smallest absolute Gasteiger partial charge is 0.330 e. The van der Waals surface area contributed by atoms with Crippen LogP contribution in [0.4, 0.5) is 0 Å². The van der Waals surface area contributed by atoms with E-state index in [0.29, 0.717) is 12.2 Å². The maximum absolute atomic E-state index is 11.0. The Kier molecular flexibility index (Phi) is 3.74. The van der Waals surface area contributed by atoms with Crippen LogP contribution >= 0.6 is 0 Å². The number of aromatic nitrogens is 4. The van der Waals surface area contributed by atoms with Crippen molar-refractivity contribution >= 4 is 5.97 Å². The van der Waals surface area contributed by atoms with E-state index >= 15 is 0 Å². The van der Waals surface area contributed by atoms with E-state index in [0.717, 1.165) is 16.1 Å². The first-order valence-electron chi connectivity index (χ1n) is 5.82. The second kappa shape index (κ2) is 5.47. The van der Waals surface area contributed by atoms with Crippen molar-refractivity contribution in [1.29, 1.82) is 0 Å². The molecule has 0 saturated heterocycles. The molecule has 1 heterocycles. The van der Waals surface area contributed by atoms with Crippen LogP contribution in [0.2, 0.25) is 0 Å². The minimum Gasteiger partial charge on any atom is -0.497 e. The van der Waals surface area contributed by atoms with Crippen LogP contribution in [0.1, 0.15) is 19.4 Å². The molecule has 0 aliphatic carbocycles. The lowest BCUT2D eigenvalue weighted by atomic mass is 10.2. The van der Waals surface area contributed by atoms with E-state index in [1.165, 1.54) is 0 Å². The fourth-order valence-corrected chi connectivity index (χ4v) is 1.65. The molecule has 7 nitrogen and oxygen atoms in total. The molecule has 1 N–H and O–H groups in total. The predicted octanol–water partition coefficient (Wildman–Crippen LogP) is 1.38. The summed E-state index contributed by atoms with van der Waals surface area (Å²) < 4.78 is 5.06. The van der Waals surface area contributed by atoms with Crippen molar-refractivity contribution in [1.82, 2.24) is 20.2 Å². The molecule has 1 atom stereocenters. The van der Waals surface area contributed by atoms with E-state index in [4.69, 9.17) is 9.84 Å². The SMILES string of the molecule is CCC(C(=O)O)n1nnc(-c2ccc(OC)cc2)n1. The zero-order valence-electron chi connectivity index (χ0n) is 10.6. The van der Waals surface area contributed by atoms with Crippen molar-refractivity contribution in [3.63, 3.8) is 0 Å². The van der Waals surface area contributed by atoms with Crippen LogP contribution in [0, 0.1) is 0 Å². The fraction of sp³-hybridized carbons (Fsp3) is 0.333. The molecule has 0 saturated carbocycles. The standard InChI is InChI=1S/C12H14N4O3/c1-3-10(12(17)18)16-14-11(13-15-16)8-4-6-9(19-2)7-5-8/h4-7,10H,3H2,1-2H3,(H,17,18). The van der Waals surface area contributed by atoms with Gasteiger partial charge in [-0.2, -0.15) is 0 Å². The maximum Gasteiger partial charge on any atom is 0.330 e. The fourth-order valence-electron chi connectivity index (χ4n) is 1.65. The Balaban J connectivity index is 2.26. The summed E-state index contributed by atoms with van der Waals surface area (Å²) in [6.45, 7) is 1.76. The quantitative estimate of drug-likeness (QED) is 0.875. The lowest BCUT2D eigenvalue weighted by Gasteiger charge is -2.06. The number of methoxy groups -OCH3 is 1. The van der Waals surface area contributed by atoms with Crippen molar-refractivity contribution in [2.24, 2.45) is 0 Å². The lowest BCUT2D eigenvalue weighted by molar-refractivity contribution is -0.141. The summed E-state index contributed by atoms with van der Waals surface area (Å²) in [4.78, 5) is 12.1. The van der Waals surface area contributed by atoms with Gasteiger partial charge in [0.2, 0.25) is 5.82 Å². The average molecular weight is 262 g/mol. The van der Waals surface area contributed by atoms with Crippen LogP contribution < -0.4 is 4.74 Å². The Morgan fingerprint density at radius 3 is 2.63 bits per heavy atom. The number of rotatable bonds is 5. The first-order chi connectivity index (χ1) is 9.15. The van der Waals surface area contributed by atoms with Gasteiger partial charge in [-0.15, -0.1) is 15.0 Å². The van der Waals surface area contributed by atoms with Gasteiger partial charge in [-0.05, 0) is 35.9 Å². The number of hydrogen-bond acceptors (Lipinski definition) is 5. The Morgan fingerprint density at radius 2 is 2.11 bits per heavy atom. The van der Waals surface area contributed by atoms with Crippen LogP contribution in [0.15, 0.2) is 24.3 Å². The van der Waals surface area contributed by atoms with Crippen LogP contribution in [-0.2, 0) is 4.79 Å².